The van der Waals surface area contributed by atoms with E-state index in [0.717, 1.165) is 6.20 Å². The topological polar surface area (TPSA) is 92.8 Å². The summed E-state index contributed by atoms with van der Waals surface area (Å²) < 4.78 is 20.0. The molecule has 3 rings (SSSR count). The SMILES string of the molecule is CCOC(=O)c1cnn2ccc(N(Cc3cc(F)cnc3O)C(C)C)nc12. The van der Waals surface area contributed by atoms with Gasteiger partial charge in [-0.05, 0) is 32.9 Å². The molecule has 8 nitrogen and oxygen atoms in total. The van der Waals surface area contributed by atoms with Gasteiger partial charge in [0.15, 0.2) is 5.65 Å². The normalized spacial score (nSPS) is 11.1. The van der Waals surface area contributed by atoms with Crippen molar-refractivity contribution in [3.63, 3.8) is 0 Å². The van der Waals surface area contributed by atoms with E-state index in [-0.39, 0.29) is 30.6 Å². The maximum atomic E-state index is 13.5. The first-order valence-corrected chi connectivity index (χ1v) is 8.52. The summed E-state index contributed by atoms with van der Waals surface area (Å²) in [7, 11) is 0. The molecule has 0 fully saturated rings. The van der Waals surface area contributed by atoms with Gasteiger partial charge in [0.1, 0.15) is 17.2 Å². The smallest absolute Gasteiger partial charge is 0.343 e. The number of nitrogens with zero attached hydrogens (tertiary/aromatic N) is 5. The number of hydrogen-bond donors (Lipinski definition) is 1. The van der Waals surface area contributed by atoms with Crippen LogP contribution < -0.4 is 4.90 Å². The van der Waals surface area contributed by atoms with Crippen molar-refractivity contribution in [3.05, 3.63) is 47.7 Å². The van der Waals surface area contributed by atoms with Crippen molar-refractivity contribution in [3.8, 4) is 5.88 Å². The Bertz CT molecular complexity index is 973. The molecule has 0 aliphatic carbocycles. The van der Waals surface area contributed by atoms with E-state index in [4.69, 9.17) is 4.74 Å². The molecule has 0 saturated heterocycles. The van der Waals surface area contributed by atoms with Crippen LogP contribution in [0.4, 0.5) is 10.2 Å². The van der Waals surface area contributed by atoms with Crippen molar-refractivity contribution in [2.75, 3.05) is 11.5 Å². The van der Waals surface area contributed by atoms with Gasteiger partial charge in [0.2, 0.25) is 5.88 Å². The van der Waals surface area contributed by atoms with Crippen LogP contribution in [-0.4, -0.2) is 43.3 Å². The lowest BCUT2D eigenvalue weighted by Crippen LogP contribution is -2.31. The lowest BCUT2D eigenvalue weighted by atomic mass is 10.2. The van der Waals surface area contributed by atoms with Crippen LogP contribution in [-0.2, 0) is 11.3 Å². The number of aromatic nitrogens is 4. The summed E-state index contributed by atoms with van der Waals surface area (Å²) in [6.45, 7) is 6.05. The summed E-state index contributed by atoms with van der Waals surface area (Å²) >= 11 is 0. The summed E-state index contributed by atoms with van der Waals surface area (Å²) in [6, 6.07) is 2.95. The van der Waals surface area contributed by atoms with E-state index in [0.29, 0.717) is 17.0 Å². The van der Waals surface area contributed by atoms with E-state index in [2.05, 4.69) is 15.1 Å². The number of carbonyl (C=O) groups is 1. The quantitative estimate of drug-likeness (QED) is 0.664. The van der Waals surface area contributed by atoms with Crippen LogP contribution in [0.5, 0.6) is 5.88 Å². The van der Waals surface area contributed by atoms with Gasteiger partial charge in [0.25, 0.3) is 0 Å². The Hall–Kier alpha value is -3.23. The molecule has 9 heteroatoms. The average Bonchev–Trinajstić information content (AvgIpc) is 3.05. The zero-order chi connectivity index (χ0) is 19.6. The highest BCUT2D eigenvalue weighted by Gasteiger charge is 2.20. The molecule has 1 N–H and O–H groups in total. The number of fused-ring (bicyclic) bond motifs is 1. The average molecular weight is 373 g/mol. The number of carbonyl (C=O) groups excluding carboxylic acids is 1. The summed E-state index contributed by atoms with van der Waals surface area (Å²) in [6.07, 6.45) is 4.05. The third-order valence-electron chi connectivity index (χ3n) is 4.02. The lowest BCUT2D eigenvalue weighted by molar-refractivity contribution is 0.0528. The molecule has 27 heavy (non-hydrogen) atoms. The molecule has 0 amide bonds. The Morgan fingerprint density at radius 3 is 2.89 bits per heavy atom. The molecule has 0 bridgehead atoms. The standard InChI is InChI=1S/C18H20FN5O3/c1-4-27-18(26)14-9-21-24-6-5-15(22-16(14)24)23(11(2)3)10-12-7-13(19)8-20-17(12)25/h5-9,11H,4,10H2,1-3H3,(H,20,25). The molecule has 142 valence electrons. The molecular weight excluding hydrogens is 353 g/mol. The summed E-state index contributed by atoms with van der Waals surface area (Å²) in [4.78, 5) is 22.1. The van der Waals surface area contributed by atoms with Crippen molar-refractivity contribution in [2.24, 2.45) is 0 Å². The van der Waals surface area contributed by atoms with E-state index in [1.807, 2.05) is 18.7 Å². The maximum Gasteiger partial charge on any atom is 0.343 e. The molecule has 0 atom stereocenters. The van der Waals surface area contributed by atoms with Crippen molar-refractivity contribution in [2.45, 2.75) is 33.4 Å². The van der Waals surface area contributed by atoms with E-state index in [1.54, 1.807) is 19.2 Å². The molecule has 0 saturated carbocycles. The second kappa shape index (κ2) is 7.56. The summed E-state index contributed by atoms with van der Waals surface area (Å²) in [5.74, 6) is -0.720. The minimum Gasteiger partial charge on any atom is -0.493 e. The highest BCUT2D eigenvalue weighted by atomic mass is 19.1. The van der Waals surface area contributed by atoms with Crippen LogP contribution in [0.25, 0.3) is 5.65 Å². The number of pyridine rings is 1. The highest BCUT2D eigenvalue weighted by Crippen LogP contribution is 2.23. The highest BCUT2D eigenvalue weighted by molar-refractivity contribution is 5.95. The van der Waals surface area contributed by atoms with Gasteiger partial charge in [-0.1, -0.05) is 0 Å². The van der Waals surface area contributed by atoms with Crippen LogP contribution in [0.3, 0.4) is 0 Å². The Balaban J connectivity index is 2.00. The van der Waals surface area contributed by atoms with Gasteiger partial charge >= 0.3 is 5.97 Å². The number of anilines is 1. The van der Waals surface area contributed by atoms with Crippen molar-refractivity contribution in [1.82, 2.24) is 19.6 Å². The van der Waals surface area contributed by atoms with Crippen molar-refractivity contribution in [1.29, 1.82) is 0 Å². The van der Waals surface area contributed by atoms with Crippen molar-refractivity contribution < 1.29 is 19.0 Å². The Kier molecular flexibility index (Phi) is 5.20. The second-order valence-corrected chi connectivity index (χ2v) is 6.19. The molecule has 3 aromatic rings. The third kappa shape index (κ3) is 3.81. The zero-order valence-corrected chi connectivity index (χ0v) is 15.3. The number of halogens is 1. The number of hydrogen-bond acceptors (Lipinski definition) is 7. The fourth-order valence-corrected chi connectivity index (χ4v) is 2.67. The van der Waals surface area contributed by atoms with Crippen LogP contribution in [0.2, 0.25) is 0 Å². The molecule has 0 radical (unpaired) electrons. The zero-order valence-electron chi connectivity index (χ0n) is 15.3. The minimum atomic E-state index is -0.532. The molecule has 0 spiro atoms. The molecule has 0 aliphatic heterocycles. The number of esters is 1. The second-order valence-electron chi connectivity index (χ2n) is 6.19. The number of rotatable bonds is 6. The van der Waals surface area contributed by atoms with Gasteiger partial charge in [0.05, 0.1) is 25.5 Å². The summed E-state index contributed by atoms with van der Waals surface area (Å²) in [5, 5.41) is 14.0. The van der Waals surface area contributed by atoms with Gasteiger partial charge < -0.3 is 14.7 Å². The summed E-state index contributed by atoms with van der Waals surface area (Å²) in [5.41, 5.74) is 0.959. The Morgan fingerprint density at radius 2 is 2.19 bits per heavy atom. The first kappa shape index (κ1) is 18.6. The third-order valence-corrected chi connectivity index (χ3v) is 4.02. The van der Waals surface area contributed by atoms with Crippen LogP contribution in [0.1, 0.15) is 36.7 Å². The van der Waals surface area contributed by atoms with Gasteiger partial charge in [-0.3, -0.25) is 0 Å². The number of aromatic hydroxyl groups is 1. The molecule has 3 aromatic heterocycles. The van der Waals surface area contributed by atoms with Gasteiger partial charge in [-0.15, -0.1) is 0 Å². The van der Waals surface area contributed by atoms with Crippen LogP contribution in [0.15, 0.2) is 30.7 Å². The van der Waals surface area contributed by atoms with Gasteiger partial charge in [-0.2, -0.15) is 5.10 Å². The van der Waals surface area contributed by atoms with Gasteiger partial charge in [0, 0.05) is 17.8 Å². The fraction of sp³-hybridized carbons (Fsp3) is 0.333. The van der Waals surface area contributed by atoms with E-state index in [1.165, 1.54) is 16.8 Å². The Labute approximate surface area is 155 Å². The van der Waals surface area contributed by atoms with E-state index < -0.39 is 11.8 Å². The van der Waals surface area contributed by atoms with Crippen LogP contribution in [0, 0.1) is 5.82 Å². The van der Waals surface area contributed by atoms with Crippen LogP contribution >= 0.6 is 0 Å². The first-order valence-electron chi connectivity index (χ1n) is 8.52. The van der Waals surface area contributed by atoms with E-state index in [9.17, 15) is 14.3 Å². The number of ether oxygens (including phenoxy) is 1. The lowest BCUT2D eigenvalue weighted by Gasteiger charge is -2.28. The van der Waals surface area contributed by atoms with E-state index >= 15 is 0 Å². The monoisotopic (exact) mass is 373 g/mol. The molecule has 0 aliphatic rings. The first-order chi connectivity index (χ1) is 12.9. The largest absolute Gasteiger partial charge is 0.493 e. The predicted octanol–water partition coefficient (Wildman–Crippen LogP) is 2.56. The Morgan fingerprint density at radius 1 is 1.41 bits per heavy atom. The predicted molar refractivity (Wildman–Crippen MR) is 96.1 cm³/mol. The van der Waals surface area contributed by atoms with Gasteiger partial charge in [-0.25, -0.2) is 23.7 Å². The molecule has 0 aromatic carbocycles. The molecular formula is C18H20FN5O3. The fourth-order valence-electron chi connectivity index (χ4n) is 2.67. The minimum absolute atomic E-state index is 0.0171. The maximum absolute atomic E-state index is 13.5. The molecule has 0 unspecified atom stereocenters. The van der Waals surface area contributed by atoms with Crippen molar-refractivity contribution >= 4 is 17.4 Å². The molecule has 3 heterocycles.